The Kier molecular flexibility index (Phi) is 5.77. The zero-order valence-corrected chi connectivity index (χ0v) is 17.8. The van der Waals surface area contributed by atoms with Gasteiger partial charge in [0.15, 0.2) is 5.69 Å². The SMILES string of the molecule is COc1ccc(C)cc1-n1ccc(C(=O)NCC(=O)Nc2cccc3c(=O)[nH][nH]c(=O)c23)n1. The number of benzene rings is 2. The Hall–Kier alpha value is -4.67. The molecule has 4 N–H and O–H groups in total. The molecule has 33 heavy (non-hydrogen) atoms. The van der Waals surface area contributed by atoms with E-state index in [0.29, 0.717) is 11.4 Å². The first-order valence-electron chi connectivity index (χ1n) is 9.90. The number of hydrogen-bond acceptors (Lipinski definition) is 6. The first-order valence-corrected chi connectivity index (χ1v) is 9.90. The van der Waals surface area contributed by atoms with Crippen molar-refractivity contribution < 1.29 is 14.3 Å². The van der Waals surface area contributed by atoms with Gasteiger partial charge in [-0.1, -0.05) is 12.1 Å². The predicted octanol–water partition coefficient (Wildman–Crippen LogP) is 1.09. The van der Waals surface area contributed by atoms with Crippen molar-refractivity contribution in [2.24, 2.45) is 0 Å². The highest BCUT2D eigenvalue weighted by Gasteiger charge is 2.15. The van der Waals surface area contributed by atoms with Crippen LogP contribution in [0.4, 0.5) is 5.69 Å². The molecule has 0 saturated heterocycles. The molecule has 4 aromatic rings. The van der Waals surface area contributed by atoms with E-state index in [4.69, 9.17) is 4.74 Å². The molecule has 0 unspecified atom stereocenters. The molecule has 0 bridgehead atoms. The molecule has 0 fully saturated rings. The van der Waals surface area contributed by atoms with Crippen LogP contribution in [0.1, 0.15) is 16.1 Å². The quantitative estimate of drug-likeness (QED) is 0.347. The highest BCUT2D eigenvalue weighted by Crippen LogP contribution is 2.23. The number of aryl methyl sites for hydroxylation is 1. The number of H-pyrrole nitrogens is 2. The number of ether oxygens (including phenoxy) is 1. The van der Waals surface area contributed by atoms with E-state index < -0.39 is 22.9 Å². The number of anilines is 1. The molecule has 4 rings (SSSR count). The van der Waals surface area contributed by atoms with Crippen molar-refractivity contribution in [2.45, 2.75) is 6.92 Å². The van der Waals surface area contributed by atoms with Crippen molar-refractivity contribution in [3.63, 3.8) is 0 Å². The summed E-state index contributed by atoms with van der Waals surface area (Å²) in [4.78, 5) is 48.8. The molecule has 2 amide bonds. The van der Waals surface area contributed by atoms with E-state index in [9.17, 15) is 19.2 Å². The minimum absolute atomic E-state index is 0.0479. The predicted molar refractivity (Wildman–Crippen MR) is 121 cm³/mol. The minimum atomic E-state index is -0.574. The van der Waals surface area contributed by atoms with Gasteiger partial charge in [0.05, 0.1) is 30.1 Å². The number of aromatic amines is 2. The van der Waals surface area contributed by atoms with Gasteiger partial charge < -0.3 is 15.4 Å². The van der Waals surface area contributed by atoms with Crippen molar-refractivity contribution in [1.29, 1.82) is 0 Å². The third kappa shape index (κ3) is 4.37. The number of fused-ring (bicyclic) bond motifs is 1. The molecular weight excluding hydrogens is 428 g/mol. The number of aromatic nitrogens is 4. The zero-order chi connectivity index (χ0) is 23.5. The standard InChI is InChI=1S/C22H20N6O5/c1-12-6-7-17(33-2)16(10-12)28-9-8-15(27-28)21(31)23-11-18(29)24-14-5-3-4-13-19(14)22(32)26-25-20(13)30/h3-10H,11H2,1-2H3,(H,23,31)(H,24,29)(H,25,30)(H,26,32). The number of carbonyl (C=O) groups excluding carboxylic acids is 2. The van der Waals surface area contributed by atoms with Gasteiger partial charge in [-0.25, -0.2) is 4.68 Å². The number of hydrogen-bond donors (Lipinski definition) is 4. The average Bonchev–Trinajstić information content (AvgIpc) is 3.30. The maximum atomic E-state index is 12.5. The lowest BCUT2D eigenvalue weighted by molar-refractivity contribution is -0.115. The molecule has 2 aromatic heterocycles. The number of nitrogens with one attached hydrogen (secondary N) is 4. The molecule has 0 spiro atoms. The van der Waals surface area contributed by atoms with Crippen LogP contribution < -0.4 is 26.5 Å². The van der Waals surface area contributed by atoms with Crippen LogP contribution in [0.15, 0.2) is 58.3 Å². The number of amides is 2. The van der Waals surface area contributed by atoms with Gasteiger partial charge in [0.2, 0.25) is 5.91 Å². The van der Waals surface area contributed by atoms with Crippen LogP contribution in [-0.2, 0) is 4.79 Å². The summed E-state index contributed by atoms with van der Waals surface area (Å²) in [6, 6.07) is 11.6. The third-order valence-electron chi connectivity index (χ3n) is 4.91. The van der Waals surface area contributed by atoms with Crippen molar-refractivity contribution in [3.05, 3.63) is 80.6 Å². The first kappa shape index (κ1) is 21.6. The molecule has 168 valence electrons. The lowest BCUT2D eigenvalue weighted by Gasteiger charge is -2.09. The van der Waals surface area contributed by atoms with Crippen molar-refractivity contribution in [1.82, 2.24) is 25.3 Å². The van der Waals surface area contributed by atoms with E-state index in [1.807, 2.05) is 25.1 Å². The fourth-order valence-corrected chi connectivity index (χ4v) is 3.34. The summed E-state index contributed by atoms with van der Waals surface area (Å²) in [5, 5.41) is 13.9. The lowest BCUT2D eigenvalue weighted by Crippen LogP contribution is -2.33. The molecule has 2 heterocycles. The van der Waals surface area contributed by atoms with E-state index in [2.05, 4.69) is 25.9 Å². The summed E-state index contributed by atoms with van der Waals surface area (Å²) in [5.74, 6) is -0.531. The van der Waals surface area contributed by atoms with Gasteiger partial charge in [-0.05, 0) is 42.8 Å². The second kappa shape index (κ2) is 8.83. The van der Waals surface area contributed by atoms with E-state index in [1.165, 1.54) is 28.9 Å². The van der Waals surface area contributed by atoms with Gasteiger partial charge in [0.1, 0.15) is 11.4 Å². The van der Waals surface area contributed by atoms with E-state index >= 15 is 0 Å². The summed E-state index contributed by atoms with van der Waals surface area (Å²) in [5.41, 5.74) is 0.898. The Labute approximate surface area is 186 Å². The maximum absolute atomic E-state index is 12.5. The number of rotatable bonds is 6. The number of carbonyl (C=O) groups is 2. The van der Waals surface area contributed by atoms with Gasteiger partial charge in [0, 0.05) is 6.20 Å². The van der Waals surface area contributed by atoms with Crippen LogP contribution in [-0.4, -0.2) is 45.4 Å². The number of nitrogens with zero attached hydrogens (tertiary/aromatic N) is 2. The van der Waals surface area contributed by atoms with Crippen LogP contribution in [0.5, 0.6) is 5.75 Å². The van der Waals surface area contributed by atoms with E-state index in [-0.39, 0.29) is 28.7 Å². The second-order valence-corrected chi connectivity index (χ2v) is 7.19. The van der Waals surface area contributed by atoms with Crippen LogP contribution in [0.2, 0.25) is 0 Å². The average molecular weight is 448 g/mol. The topological polar surface area (TPSA) is 151 Å². The van der Waals surface area contributed by atoms with Gasteiger partial charge in [0.25, 0.3) is 17.0 Å². The molecule has 2 aromatic carbocycles. The van der Waals surface area contributed by atoms with Crippen molar-refractivity contribution >= 4 is 28.3 Å². The largest absolute Gasteiger partial charge is 0.494 e. The Morgan fingerprint density at radius 3 is 2.67 bits per heavy atom. The van der Waals surface area contributed by atoms with Gasteiger partial charge >= 0.3 is 0 Å². The van der Waals surface area contributed by atoms with Crippen molar-refractivity contribution in [2.75, 3.05) is 19.0 Å². The molecule has 11 nitrogen and oxygen atoms in total. The monoisotopic (exact) mass is 448 g/mol. The Morgan fingerprint density at radius 2 is 1.88 bits per heavy atom. The minimum Gasteiger partial charge on any atom is -0.494 e. The van der Waals surface area contributed by atoms with Gasteiger partial charge in [-0.3, -0.25) is 29.4 Å². The molecule has 0 saturated carbocycles. The van der Waals surface area contributed by atoms with Crippen molar-refractivity contribution in [3.8, 4) is 11.4 Å². The normalized spacial score (nSPS) is 10.7. The van der Waals surface area contributed by atoms with Crippen LogP contribution in [0, 0.1) is 6.92 Å². The fourth-order valence-electron chi connectivity index (χ4n) is 3.34. The molecule has 0 aliphatic heterocycles. The van der Waals surface area contributed by atoms with Crippen LogP contribution in [0.3, 0.4) is 0 Å². The summed E-state index contributed by atoms with van der Waals surface area (Å²) < 4.78 is 6.86. The third-order valence-corrected chi connectivity index (χ3v) is 4.91. The zero-order valence-electron chi connectivity index (χ0n) is 17.8. The highest BCUT2D eigenvalue weighted by molar-refractivity contribution is 6.03. The summed E-state index contributed by atoms with van der Waals surface area (Å²) in [7, 11) is 1.55. The molecule has 0 aliphatic rings. The molecule has 0 aliphatic carbocycles. The van der Waals surface area contributed by atoms with Gasteiger partial charge in [-0.2, -0.15) is 5.10 Å². The van der Waals surface area contributed by atoms with Crippen LogP contribution >= 0.6 is 0 Å². The maximum Gasteiger partial charge on any atom is 0.272 e. The Balaban J connectivity index is 1.45. The van der Waals surface area contributed by atoms with Gasteiger partial charge in [-0.15, -0.1) is 0 Å². The smallest absolute Gasteiger partial charge is 0.272 e. The van der Waals surface area contributed by atoms with E-state index in [1.54, 1.807) is 13.3 Å². The molecule has 11 heteroatoms. The fraction of sp³-hybridized carbons (Fsp3) is 0.136. The highest BCUT2D eigenvalue weighted by atomic mass is 16.5. The number of methoxy groups -OCH3 is 1. The summed E-state index contributed by atoms with van der Waals surface area (Å²) in [6.45, 7) is 1.57. The lowest BCUT2D eigenvalue weighted by atomic mass is 10.1. The molecular formula is C22H20N6O5. The Morgan fingerprint density at radius 1 is 1.09 bits per heavy atom. The summed E-state index contributed by atoms with van der Waals surface area (Å²) in [6.07, 6.45) is 1.62. The Bertz CT molecular complexity index is 1480. The first-order chi connectivity index (χ1) is 15.9. The van der Waals surface area contributed by atoms with Crippen LogP contribution in [0.25, 0.3) is 16.5 Å². The van der Waals surface area contributed by atoms with E-state index in [0.717, 1.165) is 5.56 Å². The molecule has 0 radical (unpaired) electrons. The molecule has 0 atom stereocenters. The second-order valence-electron chi connectivity index (χ2n) is 7.19. The summed E-state index contributed by atoms with van der Waals surface area (Å²) >= 11 is 0.